The molecule has 0 aliphatic carbocycles. The second-order valence-electron chi connectivity index (χ2n) is 3.53. The van der Waals surface area contributed by atoms with Gasteiger partial charge in [0.1, 0.15) is 0 Å². The highest BCUT2D eigenvalue weighted by molar-refractivity contribution is 8.00. The van der Waals surface area contributed by atoms with E-state index in [0.717, 1.165) is 25.0 Å². The zero-order valence-corrected chi connectivity index (χ0v) is 9.30. The molecule has 1 fully saturated rings. The van der Waals surface area contributed by atoms with Crippen LogP contribution in [0.25, 0.3) is 0 Å². The fourth-order valence-corrected chi connectivity index (χ4v) is 2.62. The Kier molecular flexibility index (Phi) is 2.95. The van der Waals surface area contributed by atoms with Crippen molar-refractivity contribution in [2.75, 3.05) is 29.5 Å². The summed E-state index contributed by atoms with van der Waals surface area (Å²) in [5.41, 5.74) is 5.45. The molecule has 1 aromatic heterocycles. The van der Waals surface area contributed by atoms with Crippen LogP contribution in [0.3, 0.4) is 0 Å². The largest absolute Gasteiger partial charge is 0.368 e. The zero-order chi connectivity index (χ0) is 10.8. The number of halogens is 1. The predicted molar refractivity (Wildman–Crippen MR) is 60.5 cm³/mol. The maximum absolute atomic E-state index is 13.5. The van der Waals surface area contributed by atoms with E-state index in [0.29, 0.717) is 11.1 Å². The quantitative estimate of drug-likeness (QED) is 0.781. The van der Waals surface area contributed by atoms with Crippen molar-refractivity contribution in [2.24, 2.45) is 0 Å². The minimum absolute atomic E-state index is 0.122. The van der Waals surface area contributed by atoms with Gasteiger partial charge in [0.25, 0.3) is 0 Å². The van der Waals surface area contributed by atoms with Crippen molar-refractivity contribution >= 4 is 23.5 Å². The SMILES string of the molecule is CC1CN(c2nc(N)ncc2F)CCS1. The Balaban J connectivity index is 2.24. The van der Waals surface area contributed by atoms with Crippen LogP contribution < -0.4 is 10.6 Å². The summed E-state index contributed by atoms with van der Waals surface area (Å²) in [6, 6.07) is 0. The van der Waals surface area contributed by atoms with Crippen LogP contribution in [0.4, 0.5) is 16.2 Å². The predicted octanol–water partition coefficient (Wildman–Crippen LogP) is 1.14. The summed E-state index contributed by atoms with van der Waals surface area (Å²) in [6.07, 6.45) is 1.13. The monoisotopic (exact) mass is 228 g/mol. The number of hydrogen-bond donors (Lipinski definition) is 1. The van der Waals surface area contributed by atoms with E-state index in [4.69, 9.17) is 5.73 Å². The number of nitrogen functional groups attached to an aromatic ring is 1. The molecule has 1 aliphatic heterocycles. The molecule has 1 saturated heterocycles. The van der Waals surface area contributed by atoms with Gasteiger partial charge in [-0.3, -0.25) is 0 Å². The molecule has 1 aromatic rings. The van der Waals surface area contributed by atoms with Gasteiger partial charge >= 0.3 is 0 Å². The number of thioether (sulfide) groups is 1. The molecule has 0 saturated carbocycles. The van der Waals surface area contributed by atoms with E-state index >= 15 is 0 Å². The normalized spacial score (nSPS) is 21.7. The van der Waals surface area contributed by atoms with Crippen molar-refractivity contribution < 1.29 is 4.39 Å². The average Bonchev–Trinajstić information content (AvgIpc) is 2.22. The van der Waals surface area contributed by atoms with E-state index in [1.807, 2.05) is 16.7 Å². The summed E-state index contributed by atoms with van der Waals surface area (Å²) in [7, 11) is 0. The minimum Gasteiger partial charge on any atom is -0.368 e. The van der Waals surface area contributed by atoms with Crippen LogP contribution >= 0.6 is 11.8 Å². The van der Waals surface area contributed by atoms with E-state index in [9.17, 15) is 4.39 Å². The molecule has 2 heterocycles. The summed E-state index contributed by atoms with van der Waals surface area (Å²) in [6.45, 7) is 3.74. The van der Waals surface area contributed by atoms with E-state index < -0.39 is 5.82 Å². The Bertz CT molecular complexity index is 360. The Hall–Kier alpha value is -1.04. The fourth-order valence-electron chi connectivity index (χ4n) is 1.60. The van der Waals surface area contributed by atoms with Crippen molar-refractivity contribution in [3.05, 3.63) is 12.0 Å². The van der Waals surface area contributed by atoms with Crippen LogP contribution in [0.15, 0.2) is 6.20 Å². The number of aromatic nitrogens is 2. The van der Waals surface area contributed by atoms with Crippen molar-refractivity contribution in [2.45, 2.75) is 12.2 Å². The van der Waals surface area contributed by atoms with Gasteiger partial charge in [0.15, 0.2) is 11.6 Å². The van der Waals surface area contributed by atoms with Gasteiger partial charge in [-0.25, -0.2) is 9.37 Å². The van der Waals surface area contributed by atoms with Gasteiger partial charge in [-0.05, 0) is 0 Å². The number of nitrogens with two attached hydrogens (primary N) is 1. The minimum atomic E-state index is -0.400. The molecule has 1 aliphatic rings. The van der Waals surface area contributed by atoms with Crippen LogP contribution in [-0.4, -0.2) is 34.1 Å². The van der Waals surface area contributed by atoms with Gasteiger partial charge < -0.3 is 10.6 Å². The third kappa shape index (κ3) is 2.31. The standard InChI is InChI=1S/C9H13FN4S/c1-6-5-14(2-3-15-6)8-7(10)4-12-9(11)13-8/h4,6H,2-3,5H2,1H3,(H2,11,12,13). The van der Waals surface area contributed by atoms with E-state index in [-0.39, 0.29) is 5.95 Å². The molecule has 82 valence electrons. The third-order valence-electron chi connectivity index (χ3n) is 2.28. The molecule has 2 N–H and O–H groups in total. The summed E-state index contributed by atoms with van der Waals surface area (Å²) in [5.74, 6) is 1.04. The van der Waals surface area contributed by atoms with Crippen molar-refractivity contribution in [1.29, 1.82) is 0 Å². The van der Waals surface area contributed by atoms with Gasteiger partial charge in [-0.15, -0.1) is 0 Å². The molecule has 6 heteroatoms. The number of nitrogens with zero attached hydrogens (tertiary/aromatic N) is 3. The highest BCUT2D eigenvalue weighted by atomic mass is 32.2. The molecular formula is C9H13FN4S. The smallest absolute Gasteiger partial charge is 0.222 e. The zero-order valence-electron chi connectivity index (χ0n) is 8.48. The van der Waals surface area contributed by atoms with Crippen LogP contribution in [0.1, 0.15) is 6.92 Å². The lowest BCUT2D eigenvalue weighted by atomic mass is 10.3. The summed E-state index contributed by atoms with van der Waals surface area (Å²) < 4.78 is 13.5. The van der Waals surface area contributed by atoms with Gasteiger partial charge in [0.05, 0.1) is 6.20 Å². The van der Waals surface area contributed by atoms with E-state index in [1.54, 1.807) is 0 Å². The summed E-state index contributed by atoms with van der Waals surface area (Å²) >= 11 is 1.89. The van der Waals surface area contributed by atoms with E-state index in [2.05, 4.69) is 16.9 Å². The van der Waals surface area contributed by atoms with Gasteiger partial charge in [0, 0.05) is 24.1 Å². The third-order valence-corrected chi connectivity index (χ3v) is 3.42. The molecular weight excluding hydrogens is 215 g/mol. The molecule has 4 nitrogen and oxygen atoms in total. The van der Waals surface area contributed by atoms with E-state index in [1.165, 1.54) is 0 Å². The lowest BCUT2D eigenvalue weighted by molar-refractivity contribution is 0.601. The first-order valence-corrected chi connectivity index (χ1v) is 5.86. The summed E-state index contributed by atoms with van der Waals surface area (Å²) in [4.78, 5) is 9.48. The summed E-state index contributed by atoms with van der Waals surface area (Å²) in [5, 5.41) is 0.495. The fraction of sp³-hybridized carbons (Fsp3) is 0.556. The van der Waals surface area contributed by atoms with Crippen molar-refractivity contribution in [3.8, 4) is 0 Å². The van der Waals surface area contributed by atoms with Crippen molar-refractivity contribution in [1.82, 2.24) is 9.97 Å². The Morgan fingerprint density at radius 1 is 1.67 bits per heavy atom. The Morgan fingerprint density at radius 3 is 3.20 bits per heavy atom. The first kappa shape index (κ1) is 10.5. The topological polar surface area (TPSA) is 55.0 Å². The van der Waals surface area contributed by atoms with Crippen molar-refractivity contribution in [3.63, 3.8) is 0 Å². The molecule has 0 aromatic carbocycles. The van der Waals surface area contributed by atoms with Gasteiger partial charge in [-0.2, -0.15) is 16.7 Å². The highest BCUT2D eigenvalue weighted by Crippen LogP contribution is 2.24. The number of rotatable bonds is 1. The van der Waals surface area contributed by atoms with Gasteiger partial charge in [-0.1, -0.05) is 6.92 Å². The lowest BCUT2D eigenvalue weighted by Crippen LogP contribution is -2.37. The molecule has 0 bridgehead atoms. The second kappa shape index (κ2) is 4.22. The molecule has 2 rings (SSSR count). The molecule has 0 amide bonds. The van der Waals surface area contributed by atoms with Crippen LogP contribution in [0.5, 0.6) is 0 Å². The first-order chi connectivity index (χ1) is 7.16. The van der Waals surface area contributed by atoms with Crippen LogP contribution in [-0.2, 0) is 0 Å². The first-order valence-electron chi connectivity index (χ1n) is 4.81. The maximum Gasteiger partial charge on any atom is 0.222 e. The number of anilines is 2. The molecule has 1 unspecified atom stereocenters. The maximum atomic E-state index is 13.5. The van der Waals surface area contributed by atoms with Gasteiger partial charge in [0.2, 0.25) is 5.95 Å². The highest BCUT2D eigenvalue weighted by Gasteiger charge is 2.21. The average molecular weight is 228 g/mol. The molecule has 0 spiro atoms. The van der Waals surface area contributed by atoms with Crippen LogP contribution in [0, 0.1) is 5.82 Å². The lowest BCUT2D eigenvalue weighted by Gasteiger charge is -2.31. The molecule has 0 radical (unpaired) electrons. The Morgan fingerprint density at radius 2 is 2.47 bits per heavy atom. The molecule has 1 atom stereocenters. The number of hydrogen-bond acceptors (Lipinski definition) is 5. The van der Waals surface area contributed by atoms with Crippen LogP contribution in [0.2, 0.25) is 0 Å². The second-order valence-corrected chi connectivity index (χ2v) is 5.07. The molecule has 15 heavy (non-hydrogen) atoms. The Labute approximate surface area is 92.1 Å².